The van der Waals surface area contributed by atoms with Crippen molar-refractivity contribution < 1.29 is 4.79 Å². The molecule has 1 aromatic rings. The monoisotopic (exact) mass is 539 g/mol. The lowest BCUT2D eigenvalue weighted by atomic mass is 9.96. The molecular weight excluding hydrogens is 501 g/mol. The first-order valence-electron chi connectivity index (χ1n) is 11.5. The highest BCUT2D eigenvalue weighted by Gasteiger charge is 2.22. The number of carbonyl (C=O) groups excluding carboxylic acids is 1. The van der Waals surface area contributed by atoms with Gasteiger partial charge < -0.3 is 20.9 Å². The van der Waals surface area contributed by atoms with Crippen molar-refractivity contribution in [2.45, 2.75) is 39.0 Å². The van der Waals surface area contributed by atoms with E-state index < -0.39 is 0 Å². The van der Waals surface area contributed by atoms with E-state index in [1.807, 2.05) is 0 Å². The lowest BCUT2D eigenvalue weighted by Crippen LogP contribution is -2.43. The molecule has 172 valence electrons. The van der Waals surface area contributed by atoms with Crippen molar-refractivity contribution in [3.05, 3.63) is 42.0 Å². The number of likely N-dealkylation sites (tertiary alicyclic amines) is 1. The van der Waals surface area contributed by atoms with Crippen molar-refractivity contribution in [2.24, 2.45) is 16.6 Å². The summed E-state index contributed by atoms with van der Waals surface area (Å²) < 4.78 is 0. The first-order valence-corrected chi connectivity index (χ1v) is 11.5. The number of guanidine groups is 1. The molecule has 2 aliphatic rings. The van der Waals surface area contributed by atoms with Crippen LogP contribution in [0.1, 0.15) is 44.6 Å². The molecule has 0 unspecified atom stereocenters. The highest BCUT2D eigenvalue weighted by molar-refractivity contribution is 14.0. The Morgan fingerprint density at radius 3 is 2.52 bits per heavy atom. The van der Waals surface area contributed by atoms with Gasteiger partial charge in [-0.15, -0.1) is 24.0 Å². The fourth-order valence-corrected chi connectivity index (χ4v) is 4.28. The smallest absolute Gasteiger partial charge is 0.220 e. The molecule has 0 aromatic heterocycles. The van der Waals surface area contributed by atoms with Crippen molar-refractivity contribution in [1.82, 2.24) is 15.1 Å². The number of rotatable bonds is 8. The predicted molar refractivity (Wildman–Crippen MR) is 140 cm³/mol. The normalized spacial score (nSPS) is 18.3. The first-order chi connectivity index (χ1) is 14.7. The van der Waals surface area contributed by atoms with Gasteiger partial charge in [0.05, 0.1) is 0 Å². The van der Waals surface area contributed by atoms with Gasteiger partial charge in [-0.05, 0) is 69.8 Å². The Kier molecular flexibility index (Phi) is 11.4. The van der Waals surface area contributed by atoms with Crippen LogP contribution in [0.15, 0.2) is 41.4 Å². The quantitative estimate of drug-likeness (QED) is 0.230. The molecular formula is C24H38IN5O. The molecule has 1 saturated heterocycles. The summed E-state index contributed by atoms with van der Waals surface area (Å²) in [5.74, 6) is 0.973. The van der Waals surface area contributed by atoms with E-state index in [0.29, 0.717) is 0 Å². The molecule has 3 rings (SSSR count). The molecule has 1 amide bonds. The van der Waals surface area contributed by atoms with E-state index in [9.17, 15) is 4.79 Å². The summed E-state index contributed by atoms with van der Waals surface area (Å²) in [5, 5.41) is 3.46. The largest absolute Gasteiger partial charge is 0.369 e. The molecule has 31 heavy (non-hydrogen) atoms. The number of unbranched alkanes of at least 4 members (excludes halogenated alkanes) is 1. The van der Waals surface area contributed by atoms with Gasteiger partial charge in [-0.25, -0.2) is 0 Å². The average Bonchev–Trinajstić information content (AvgIpc) is 2.79. The van der Waals surface area contributed by atoms with Crippen LogP contribution in [-0.2, 0) is 4.79 Å². The third-order valence-electron chi connectivity index (χ3n) is 6.12. The number of amides is 1. The number of nitrogens with two attached hydrogens (primary N) is 1. The third-order valence-corrected chi connectivity index (χ3v) is 6.12. The topological polar surface area (TPSA) is 74.0 Å². The number of primary amides is 1. The maximum Gasteiger partial charge on any atom is 0.220 e. The molecule has 0 aliphatic carbocycles. The van der Waals surface area contributed by atoms with E-state index in [0.717, 1.165) is 83.9 Å². The Morgan fingerprint density at radius 2 is 1.90 bits per heavy atom. The molecule has 0 bridgehead atoms. The summed E-state index contributed by atoms with van der Waals surface area (Å²) >= 11 is 0. The molecule has 0 atom stereocenters. The molecule has 0 spiro atoms. The lowest BCUT2D eigenvalue weighted by molar-refractivity contribution is -0.123. The van der Waals surface area contributed by atoms with Gasteiger partial charge in [-0.1, -0.05) is 36.4 Å². The number of carbonyl (C=O) groups is 1. The van der Waals surface area contributed by atoms with Crippen molar-refractivity contribution in [3.8, 4) is 0 Å². The fraction of sp³-hybridized carbons (Fsp3) is 0.583. The van der Waals surface area contributed by atoms with Crippen LogP contribution in [0.3, 0.4) is 0 Å². The third kappa shape index (κ3) is 8.11. The van der Waals surface area contributed by atoms with E-state index in [4.69, 9.17) is 10.7 Å². The molecule has 2 heterocycles. The molecule has 1 fully saturated rings. The zero-order valence-electron chi connectivity index (χ0n) is 18.8. The van der Waals surface area contributed by atoms with E-state index in [2.05, 4.69) is 58.4 Å². The Bertz CT molecular complexity index is 729. The van der Waals surface area contributed by atoms with E-state index >= 15 is 0 Å². The summed E-state index contributed by atoms with van der Waals surface area (Å²) in [6, 6.07) is 10.7. The second-order valence-corrected chi connectivity index (χ2v) is 8.25. The van der Waals surface area contributed by atoms with Crippen LogP contribution < -0.4 is 11.1 Å². The number of aliphatic imine (C=N–C) groups is 1. The Balaban J connectivity index is 0.00000341. The van der Waals surface area contributed by atoms with Gasteiger partial charge in [0.2, 0.25) is 5.91 Å². The Morgan fingerprint density at radius 1 is 1.16 bits per heavy atom. The Labute approximate surface area is 204 Å². The van der Waals surface area contributed by atoms with Crippen LogP contribution in [0.2, 0.25) is 0 Å². The standard InChI is InChI=1S/C24H37N5O.HI/c1-2-26-24(29-18-12-21(13-19-29)20-8-4-3-5-9-20)27-14-6-7-15-28-16-10-22(11-17-28)23(25)30;/h3-5,8-9,12,22H,2,6-7,10-11,13-19H2,1H3,(H2,25,30)(H,26,27);1H. The minimum absolute atomic E-state index is 0. The summed E-state index contributed by atoms with van der Waals surface area (Å²) in [4.78, 5) is 21.0. The highest BCUT2D eigenvalue weighted by Crippen LogP contribution is 2.22. The van der Waals surface area contributed by atoms with Gasteiger partial charge in [0.15, 0.2) is 5.96 Å². The van der Waals surface area contributed by atoms with Gasteiger partial charge in [-0.3, -0.25) is 9.79 Å². The maximum atomic E-state index is 11.3. The molecule has 3 N–H and O–H groups in total. The Hall–Kier alpha value is -1.61. The number of nitrogens with zero attached hydrogens (tertiary/aromatic N) is 3. The molecule has 2 aliphatic heterocycles. The molecule has 1 aromatic carbocycles. The van der Waals surface area contributed by atoms with Crippen LogP contribution in [-0.4, -0.2) is 67.5 Å². The van der Waals surface area contributed by atoms with Crippen LogP contribution in [0.4, 0.5) is 0 Å². The highest BCUT2D eigenvalue weighted by atomic mass is 127. The molecule has 0 saturated carbocycles. The number of nitrogens with one attached hydrogen (secondary N) is 1. The van der Waals surface area contributed by atoms with Crippen LogP contribution in [0, 0.1) is 5.92 Å². The maximum absolute atomic E-state index is 11.3. The second kappa shape index (κ2) is 13.7. The van der Waals surface area contributed by atoms with Crippen molar-refractivity contribution in [2.75, 3.05) is 45.8 Å². The van der Waals surface area contributed by atoms with Gasteiger partial charge in [0, 0.05) is 32.1 Å². The van der Waals surface area contributed by atoms with Gasteiger partial charge in [0.25, 0.3) is 0 Å². The number of benzene rings is 1. The van der Waals surface area contributed by atoms with Crippen molar-refractivity contribution >= 4 is 41.4 Å². The van der Waals surface area contributed by atoms with Crippen molar-refractivity contribution in [1.29, 1.82) is 0 Å². The van der Waals surface area contributed by atoms with Gasteiger partial charge in [0.1, 0.15) is 0 Å². The number of halogens is 1. The lowest BCUT2D eigenvalue weighted by Gasteiger charge is -2.30. The van der Waals surface area contributed by atoms with Crippen molar-refractivity contribution in [3.63, 3.8) is 0 Å². The van der Waals surface area contributed by atoms with Gasteiger partial charge in [-0.2, -0.15) is 0 Å². The van der Waals surface area contributed by atoms with E-state index in [1.54, 1.807) is 0 Å². The molecule has 6 nitrogen and oxygen atoms in total. The summed E-state index contributed by atoms with van der Waals surface area (Å²) in [6.07, 6.45) is 7.43. The van der Waals surface area contributed by atoms with E-state index in [-0.39, 0.29) is 35.8 Å². The van der Waals surface area contributed by atoms with E-state index in [1.165, 1.54) is 11.1 Å². The SMILES string of the molecule is CCNC(=NCCCCN1CCC(C(N)=O)CC1)N1CC=C(c2ccccc2)CC1.I. The van der Waals surface area contributed by atoms with Crippen LogP contribution >= 0.6 is 24.0 Å². The minimum Gasteiger partial charge on any atom is -0.369 e. The fourth-order valence-electron chi connectivity index (χ4n) is 4.28. The molecule has 7 heteroatoms. The number of hydrogen-bond donors (Lipinski definition) is 2. The number of hydrogen-bond acceptors (Lipinski definition) is 3. The average molecular weight is 540 g/mol. The summed E-state index contributed by atoms with van der Waals surface area (Å²) in [7, 11) is 0. The van der Waals surface area contributed by atoms with Crippen LogP contribution in [0.25, 0.3) is 5.57 Å². The molecule has 0 radical (unpaired) electrons. The minimum atomic E-state index is -0.136. The first kappa shape index (κ1) is 25.6. The predicted octanol–water partition coefficient (Wildman–Crippen LogP) is 3.34. The zero-order chi connectivity index (χ0) is 21.2. The number of piperidine rings is 1. The summed E-state index contributed by atoms with van der Waals surface area (Å²) in [6.45, 7) is 8.84. The zero-order valence-corrected chi connectivity index (χ0v) is 21.1. The van der Waals surface area contributed by atoms with Crippen LogP contribution in [0.5, 0.6) is 0 Å². The van der Waals surface area contributed by atoms with Gasteiger partial charge >= 0.3 is 0 Å². The summed E-state index contributed by atoms with van der Waals surface area (Å²) in [5.41, 5.74) is 8.18. The second-order valence-electron chi connectivity index (χ2n) is 8.25.